The number of hydrogen-bond donors (Lipinski definition) is 1. The molecule has 1 aliphatic heterocycles. The van der Waals surface area contributed by atoms with E-state index in [1.807, 2.05) is 0 Å². The van der Waals surface area contributed by atoms with E-state index in [4.69, 9.17) is 9.47 Å². The zero-order valence-corrected chi connectivity index (χ0v) is 19.7. The highest BCUT2D eigenvalue weighted by Gasteiger charge is 2.26. The molecule has 1 aliphatic rings. The van der Waals surface area contributed by atoms with E-state index in [1.165, 1.54) is 40.7 Å². The Morgan fingerprint density at radius 3 is 2.32 bits per heavy atom. The molecule has 1 saturated heterocycles. The zero-order valence-electron chi connectivity index (χ0n) is 18.9. The first kappa shape index (κ1) is 25.8. The average Bonchev–Trinajstić information content (AvgIpc) is 2.81. The summed E-state index contributed by atoms with van der Waals surface area (Å²) in [5.41, 5.74) is 1.15. The number of amides is 1. The molecule has 3 rings (SSSR count). The molecule has 0 aromatic heterocycles. The second-order valence-electron chi connectivity index (χ2n) is 7.67. The first-order valence-corrected chi connectivity index (χ1v) is 12.3. The van der Waals surface area contributed by atoms with Crippen LogP contribution in [-0.2, 0) is 35.6 Å². The van der Waals surface area contributed by atoms with Gasteiger partial charge >= 0.3 is 5.97 Å². The van der Waals surface area contributed by atoms with Crippen molar-refractivity contribution >= 4 is 27.6 Å². The fourth-order valence-corrected chi connectivity index (χ4v) is 4.86. The second-order valence-corrected chi connectivity index (χ2v) is 9.60. The molecule has 1 heterocycles. The Balaban J connectivity index is 1.63. The van der Waals surface area contributed by atoms with Gasteiger partial charge in [0.1, 0.15) is 5.82 Å². The predicted octanol–water partition coefficient (Wildman–Crippen LogP) is 1.85. The highest BCUT2D eigenvalue weighted by atomic mass is 32.2. The molecule has 0 bridgehead atoms. The molecule has 2 aromatic carbocycles. The summed E-state index contributed by atoms with van der Waals surface area (Å²) in [5, 5.41) is 2.71. The summed E-state index contributed by atoms with van der Waals surface area (Å²) in [5.74, 6) is -1.25. The summed E-state index contributed by atoms with van der Waals surface area (Å²) in [6.07, 6.45) is 0. The summed E-state index contributed by atoms with van der Waals surface area (Å²) in [7, 11) is -3.63. The molecule has 0 atom stereocenters. The van der Waals surface area contributed by atoms with E-state index in [0.717, 1.165) is 5.56 Å². The molecule has 34 heavy (non-hydrogen) atoms. The number of anilines is 1. The van der Waals surface area contributed by atoms with Gasteiger partial charge in [-0.2, -0.15) is 4.31 Å². The van der Waals surface area contributed by atoms with Crippen molar-refractivity contribution in [2.75, 3.05) is 51.3 Å². The number of hydrogen-bond acceptors (Lipinski definition) is 7. The van der Waals surface area contributed by atoms with Crippen LogP contribution in [0.4, 0.5) is 10.1 Å². The number of sulfonamides is 1. The molecular formula is C23H28FN3O6S. The molecule has 0 radical (unpaired) electrons. The van der Waals surface area contributed by atoms with Crippen LogP contribution in [-0.4, -0.2) is 75.5 Å². The number of carbonyl (C=O) groups is 2. The predicted molar refractivity (Wildman–Crippen MR) is 123 cm³/mol. The van der Waals surface area contributed by atoms with Crippen molar-refractivity contribution in [3.8, 4) is 0 Å². The van der Waals surface area contributed by atoms with Crippen molar-refractivity contribution in [2.24, 2.45) is 0 Å². The minimum atomic E-state index is -3.63. The highest BCUT2D eigenvalue weighted by Crippen LogP contribution is 2.19. The van der Waals surface area contributed by atoms with Gasteiger partial charge in [-0.3, -0.25) is 14.5 Å². The van der Waals surface area contributed by atoms with Crippen molar-refractivity contribution in [1.82, 2.24) is 9.21 Å². The van der Waals surface area contributed by atoms with Crippen LogP contribution in [0.3, 0.4) is 0 Å². The fraction of sp³-hybridized carbons (Fsp3) is 0.391. The van der Waals surface area contributed by atoms with E-state index in [0.29, 0.717) is 32.0 Å². The minimum absolute atomic E-state index is 0.116. The monoisotopic (exact) mass is 493 g/mol. The third-order valence-corrected chi connectivity index (χ3v) is 7.00. The van der Waals surface area contributed by atoms with Gasteiger partial charge < -0.3 is 14.8 Å². The lowest BCUT2D eigenvalue weighted by molar-refractivity contribution is -0.144. The maximum absolute atomic E-state index is 13.2. The number of carbonyl (C=O) groups excluding carboxylic acids is 2. The SMILES string of the molecule is CCOC(=O)CN(CC(=O)Nc1ccc(S(=O)(=O)N2CCOCC2)cc1)Cc1ccc(F)cc1. The van der Waals surface area contributed by atoms with Crippen LogP contribution in [0, 0.1) is 5.82 Å². The van der Waals surface area contributed by atoms with Crippen molar-refractivity contribution in [1.29, 1.82) is 0 Å². The summed E-state index contributed by atoms with van der Waals surface area (Å²) < 4.78 is 50.2. The first-order chi connectivity index (χ1) is 16.3. The quantitative estimate of drug-likeness (QED) is 0.504. The third kappa shape index (κ3) is 7.32. The highest BCUT2D eigenvalue weighted by molar-refractivity contribution is 7.89. The third-order valence-electron chi connectivity index (χ3n) is 5.09. The Kier molecular flexibility index (Phi) is 9.11. The second kappa shape index (κ2) is 12.0. The number of rotatable bonds is 10. The number of nitrogens with one attached hydrogen (secondary N) is 1. The van der Waals surface area contributed by atoms with Gasteiger partial charge in [0.05, 0.1) is 37.8 Å². The molecule has 1 N–H and O–H groups in total. The molecular weight excluding hydrogens is 465 g/mol. The number of halogens is 1. The zero-order chi connectivity index (χ0) is 24.6. The van der Waals surface area contributed by atoms with E-state index < -0.39 is 21.9 Å². The lowest BCUT2D eigenvalue weighted by Gasteiger charge is -2.26. The molecule has 184 valence electrons. The molecule has 0 aliphatic carbocycles. The van der Waals surface area contributed by atoms with E-state index in [2.05, 4.69) is 5.32 Å². The lowest BCUT2D eigenvalue weighted by atomic mass is 10.2. The minimum Gasteiger partial charge on any atom is -0.465 e. The van der Waals surface area contributed by atoms with E-state index in [1.54, 1.807) is 24.0 Å². The van der Waals surface area contributed by atoms with E-state index in [-0.39, 0.29) is 37.0 Å². The number of morpholine rings is 1. The van der Waals surface area contributed by atoms with E-state index in [9.17, 15) is 22.4 Å². The van der Waals surface area contributed by atoms with Crippen LogP contribution >= 0.6 is 0 Å². The van der Waals surface area contributed by atoms with Gasteiger partial charge in [0.15, 0.2) is 0 Å². The van der Waals surface area contributed by atoms with Gasteiger partial charge in [0.2, 0.25) is 15.9 Å². The lowest BCUT2D eigenvalue weighted by Crippen LogP contribution is -2.40. The van der Waals surface area contributed by atoms with Crippen LogP contribution in [0.25, 0.3) is 0 Å². The Hall–Kier alpha value is -2.86. The standard InChI is InChI=1S/C23H28FN3O6S/c1-2-33-23(29)17-26(15-18-3-5-19(24)6-4-18)16-22(28)25-20-7-9-21(10-8-20)34(30,31)27-11-13-32-14-12-27/h3-10H,2,11-17H2,1H3,(H,25,28). The van der Waals surface area contributed by atoms with Gasteiger partial charge in [-0.1, -0.05) is 12.1 Å². The van der Waals surface area contributed by atoms with Gasteiger partial charge in [-0.25, -0.2) is 12.8 Å². The van der Waals surface area contributed by atoms with Crippen LogP contribution in [0.15, 0.2) is 53.4 Å². The Labute approximate surface area is 198 Å². The number of nitrogens with zero attached hydrogens (tertiary/aromatic N) is 2. The van der Waals surface area contributed by atoms with Crippen molar-refractivity contribution in [3.63, 3.8) is 0 Å². The summed E-state index contributed by atoms with van der Waals surface area (Å²) in [6, 6.07) is 11.7. The number of benzene rings is 2. The molecule has 0 spiro atoms. The van der Waals surface area contributed by atoms with Crippen molar-refractivity contribution < 1.29 is 31.9 Å². The molecule has 1 amide bonds. The molecule has 1 fully saturated rings. The summed E-state index contributed by atoms with van der Waals surface area (Å²) >= 11 is 0. The molecule has 9 nitrogen and oxygen atoms in total. The average molecular weight is 494 g/mol. The Morgan fingerprint density at radius 1 is 1.06 bits per heavy atom. The van der Waals surface area contributed by atoms with Crippen LogP contribution in [0.5, 0.6) is 0 Å². The van der Waals surface area contributed by atoms with E-state index >= 15 is 0 Å². The molecule has 11 heteroatoms. The van der Waals surface area contributed by atoms with Crippen molar-refractivity contribution in [2.45, 2.75) is 18.4 Å². The molecule has 0 saturated carbocycles. The maximum atomic E-state index is 13.2. The van der Waals surface area contributed by atoms with Crippen molar-refractivity contribution in [3.05, 3.63) is 59.9 Å². The molecule has 0 unspecified atom stereocenters. The molecule has 2 aromatic rings. The topological polar surface area (TPSA) is 105 Å². The Morgan fingerprint density at radius 2 is 1.71 bits per heavy atom. The van der Waals surface area contributed by atoms with Gasteiger partial charge in [0, 0.05) is 25.3 Å². The first-order valence-electron chi connectivity index (χ1n) is 10.9. The van der Waals surface area contributed by atoms with Crippen LogP contribution < -0.4 is 5.32 Å². The number of ether oxygens (including phenoxy) is 2. The summed E-state index contributed by atoms with van der Waals surface area (Å²) in [6.45, 7) is 3.22. The van der Waals surface area contributed by atoms with Crippen LogP contribution in [0.2, 0.25) is 0 Å². The largest absolute Gasteiger partial charge is 0.465 e. The number of esters is 1. The fourth-order valence-electron chi connectivity index (χ4n) is 3.45. The normalized spacial score (nSPS) is 14.7. The van der Waals surface area contributed by atoms with Gasteiger partial charge in [-0.15, -0.1) is 0 Å². The van der Waals surface area contributed by atoms with Crippen LogP contribution in [0.1, 0.15) is 12.5 Å². The summed E-state index contributed by atoms with van der Waals surface area (Å²) in [4.78, 5) is 26.3. The smallest absolute Gasteiger partial charge is 0.320 e. The van der Waals surface area contributed by atoms with Gasteiger partial charge in [0.25, 0.3) is 0 Å². The Bertz CT molecular complexity index is 1070. The maximum Gasteiger partial charge on any atom is 0.320 e. The van der Waals surface area contributed by atoms with Gasteiger partial charge in [-0.05, 0) is 48.9 Å².